The molecular weight excluding hydrogens is 212 g/mol. The van der Waals surface area contributed by atoms with Gasteiger partial charge in [-0.25, -0.2) is 0 Å². The van der Waals surface area contributed by atoms with E-state index in [0.29, 0.717) is 0 Å². The maximum Gasteiger partial charge on any atom is 0.312 e. The first-order chi connectivity index (χ1) is 7.79. The zero-order chi connectivity index (χ0) is 13.1. The second kappa shape index (κ2) is 4.96. The zero-order valence-electron chi connectivity index (χ0n) is 11.3. The Morgan fingerprint density at radius 1 is 1.35 bits per heavy atom. The zero-order valence-corrected chi connectivity index (χ0v) is 11.3. The molecule has 0 aromatic carbocycles. The molecule has 0 aromatic rings. The van der Waals surface area contributed by atoms with Crippen molar-refractivity contribution in [1.82, 2.24) is 0 Å². The lowest BCUT2D eigenvalue weighted by Crippen LogP contribution is -2.37. The summed E-state index contributed by atoms with van der Waals surface area (Å²) in [6.07, 6.45) is 12.0. The third kappa shape index (κ3) is 3.36. The average molecular weight is 234 g/mol. The summed E-state index contributed by atoms with van der Waals surface area (Å²) in [7, 11) is 0. The van der Waals surface area contributed by atoms with Crippen LogP contribution in [0.4, 0.5) is 0 Å². The van der Waals surface area contributed by atoms with Crippen molar-refractivity contribution < 1.29 is 9.53 Å². The summed E-state index contributed by atoms with van der Waals surface area (Å²) >= 11 is 0. The molecule has 0 saturated heterocycles. The van der Waals surface area contributed by atoms with Crippen molar-refractivity contribution in [2.75, 3.05) is 0 Å². The fourth-order valence-electron chi connectivity index (χ4n) is 1.80. The maximum atomic E-state index is 11.9. The Bertz CT molecular complexity index is 365. The molecule has 2 heteroatoms. The third-order valence-corrected chi connectivity index (χ3v) is 3.09. The number of carbonyl (C=O) groups is 1. The fourth-order valence-corrected chi connectivity index (χ4v) is 1.80. The topological polar surface area (TPSA) is 26.3 Å². The van der Waals surface area contributed by atoms with Crippen molar-refractivity contribution in [3.8, 4) is 12.3 Å². The SMILES string of the molecule is C#CC(C)(OC(=O)C(C)(C)C)C1=CCCCC1. The van der Waals surface area contributed by atoms with Crippen LogP contribution < -0.4 is 0 Å². The smallest absolute Gasteiger partial charge is 0.312 e. The Labute approximate surface area is 104 Å². The van der Waals surface area contributed by atoms with Crippen LogP contribution in [-0.4, -0.2) is 11.6 Å². The summed E-state index contributed by atoms with van der Waals surface area (Å²) in [6, 6.07) is 0. The lowest BCUT2D eigenvalue weighted by Gasteiger charge is -2.31. The minimum Gasteiger partial charge on any atom is -0.442 e. The van der Waals surface area contributed by atoms with E-state index in [0.717, 1.165) is 24.8 Å². The van der Waals surface area contributed by atoms with E-state index in [9.17, 15) is 4.79 Å². The number of esters is 1. The first-order valence-electron chi connectivity index (χ1n) is 6.20. The normalized spacial score (nSPS) is 19.8. The Kier molecular flexibility index (Phi) is 4.03. The minimum atomic E-state index is -0.870. The van der Waals surface area contributed by atoms with Crippen molar-refractivity contribution in [2.24, 2.45) is 5.41 Å². The van der Waals surface area contributed by atoms with Gasteiger partial charge in [0.25, 0.3) is 0 Å². The molecule has 0 aliphatic heterocycles. The van der Waals surface area contributed by atoms with E-state index in [2.05, 4.69) is 12.0 Å². The highest BCUT2D eigenvalue weighted by Crippen LogP contribution is 2.32. The largest absolute Gasteiger partial charge is 0.442 e. The van der Waals surface area contributed by atoms with E-state index in [1.54, 1.807) is 0 Å². The summed E-state index contributed by atoms with van der Waals surface area (Å²) in [6.45, 7) is 7.32. The molecule has 0 radical (unpaired) electrons. The molecular formula is C15H22O2. The highest BCUT2D eigenvalue weighted by Gasteiger charge is 2.35. The summed E-state index contributed by atoms with van der Waals surface area (Å²) in [4.78, 5) is 11.9. The van der Waals surface area contributed by atoms with Gasteiger partial charge in [-0.1, -0.05) is 12.0 Å². The van der Waals surface area contributed by atoms with Gasteiger partial charge in [0.05, 0.1) is 5.41 Å². The standard InChI is InChI=1S/C15H22O2/c1-6-15(5,12-10-8-7-9-11-12)17-13(16)14(2,3)4/h1,10H,7-9,11H2,2-5H3. The average Bonchev–Trinajstić information content (AvgIpc) is 2.28. The Morgan fingerprint density at radius 3 is 2.41 bits per heavy atom. The Balaban J connectivity index is 2.87. The molecule has 0 N–H and O–H groups in total. The van der Waals surface area contributed by atoms with Crippen LogP contribution in [0.3, 0.4) is 0 Å². The predicted molar refractivity (Wildman–Crippen MR) is 69.3 cm³/mol. The molecule has 1 aliphatic carbocycles. The van der Waals surface area contributed by atoms with E-state index in [1.807, 2.05) is 27.7 Å². The number of ether oxygens (including phenoxy) is 1. The first-order valence-corrected chi connectivity index (χ1v) is 6.20. The summed E-state index contributed by atoms with van der Waals surface area (Å²) in [5.74, 6) is 2.39. The monoisotopic (exact) mass is 234 g/mol. The Hall–Kier alpha value is -1.23. The summed E-state index contributed by atoms with van der Waals surface area (Å²) in [5.41, 5.74) is -0.318. The molecule has 0 spiro atoms. The molecule has 0 saturated carbocycles. The first kappa shape index (κ1) is 13.8. The van der Waals surface area contributed by atoms with Crippen LogP contribution in [0.15, 0.2) is 11.6 Å². The van der Waals surface area contributed by atoms with Crippen LogP contribution in [0.2, 0.25) is 0 Å². The molecule has 0 fully saturated rings. The van der Waals surface area contributed by atoms with Gasteiger partial charge < -0.3 is 4.74 Å². The van der Waals surface area contributed by atoms with Gasteiger partial charge in [0, 0.05) is 0 Å². The number of rotatable bonds is 2. The summed E-state index contributed by atoms with van der Waals surface area (Å²) < 4.78 is 5.55. The maximum absolute atomic E-state index is 11.9. The van der Waals surface area contributed by atoms with Crippen molar-refractivity contribution in [1.29, 1.82) is 0 Å². The number of hydrogen-bond acceptors (Lipinski definition) is 2. The van der Waals surface area contributed by atoms with E-state index in [-0.39, 0.29) is 5.97 Å². The molecule has 17 heavy (non-hydrogen) atoms. The van der Waals surface area contributed by atoms with Gasteiger partial charge in [0.2, 0.25) is 0 Å². The molecule has 94 valence electrons. The van der Waals surface area contributed by atoms with Crippen LogP contribution >= 0.6 is 0 Å². The highest BCUT2D eigenvalue weighted by atomic mass is 16.6. The van der Waals surface area contributed by atoms with Gasteiger partial charge in [-0.2, -0.15) is 0 Å². The van der Waals surface area contributed by atoms with Crippen LogP contribution in [0, 0.1) is 17.8 Å². The lowest BCUT2D eigenvalue weighted by atomic mass is 9.86. The van der Waals surface area contributed by atoms with Gasteiger partial charge in [-0.3, -0.25) is 4.79 Å². The molecule has 2 nitrogen and oxygen atoms in total. The van der Waals surface area contributed by atoms with Gasteiger partial charge >= 0.3 is 5.97 Å². The summed E-state index contributed by atoms with van der Waals surface area (Å²) in [5, 5.41) is 0. The van der Waals surface area contributed by atoms with Crippen molar-refractivity contribution >= 4 is 5.97 Å². The van der Waals surface area contributed by atoms with Crippen molar-refractivity contribution in [2.45, 2.75) is 59.0 Å². The molecule has 0 bridgehead atoms. The van der Waals surface area contributed by atoms with Crippen LogP contribution in [0.1, 0.15) is 53.4 Å². The van der Waals surface area contributed by atoms with Crippen molar-refractivity contribution in [3.05, 3.63) is 11.6 Å². The number of terminal acetylenes is 1. The number of allylic oxidation sites excluding steroid dienone is 1. The van der Waals surface area contributed by atoms with E-state index in [1.165, 1.54) is 6.42 Å². The molecule has 0 aromatic heterocycles. The van der Waals surface area contributed by atoms with Gasteiger partial charge in [0.15, 0.2) is 5.60 Å². The van der Waals surface area contributed by atoms with Gasteiger partial charge in [-0.05, 0) is 59.0 Å². The highest BCUT2D eigenvalue weighted by molar-refractivity contribution is 5.76. The third-order valence-electron chi connectivity index (χ3n) is 3.09. The predicted octanol–water partition coefficient (Wildman–Crippen LogP) is 3.47. The van der Waals surface area contributed by atoms with Crippen LogP contribution in [0.25, 0.3) is 0 Å². The van der Waals surface area contributed by atoms with Crippen LogP contribution in [0.5, 0.6) is 0 Å². The lowest BCUT2D eigenvalue weighted by molar-refractivity contribution is -0.160. The quantitative estimate of drug-likeness (QED) is 0.415. The molecule has 1 unspecified atom stereocenters. The van der Waals surface area contributed by atoms with Gasteiger partial charge in [0.1, 0.15) is 0 Å². The minimum absolute atomic E-state index is 0.246. The molecule has 0 heterocycles. The molecule has 1 rings (SSSR count). The Morgan fingerprint density at radius 2 is 2.00 bits per heavy atom. The molecule has 1 atom stereocenters. The van der Waals surface area contributed by atoms with Crippen LogP contribution in [-0.2, 0) is 9.53 Å². The second-order valence-electron chi connectivity index (χ2n) is 5.79. The molecule has 1 aliphatic rings. The van der Waals surface area contributed by atoms with E-state index >= 15 is 0 Å². The van der Waals surface area contributed by atoms with E-state index in [4.69, 9.17) is 11.2 Å². The van der Waals surface area contributed by atoms with E-state index < -0.39 is 11.0 Å². The molecule has 0 amide bonds. The second-order valence-corrected chi connectivity index (χ2v) is 5.79. The number of hydrogen-bond donors (Lipinski definition) is 0. The fraction of sp³-hybridized carbons (Fsp3) is 0.667. The van der Waals surface area contributed by atoms with Gasteiger partial charge in [-0.15, -0.1) is 6.42 Å². The van der Waals surface area contributed by atoms with Crippen molar-refractivity contribution in [3.63, 3.8) is 0 Å². The number of carbonyl (C=O) groups excluding carboxylic acids is 1.